The van der Waals surface area contributed by atoms with Gasteiger partial charge in [-0.3, -0.25) is 9.63 Å². The number of hydrogen-bond donors (Lipinski definition) is 2. The molecule has 1 fully saturated rings. The highest BCUT2D eigenvalue weighted by Gasteiger charge is 2.31. The first-order valence-electron chi connectivity index (χ1n) is 6.41. The summed E-state index contributed by atoms with van der Waals surface area (Å²) in [7, 11) is 0. The summed E-state index contributed by atoms with van der Waals surface area (Å²) >= 11 is 0. The van der Waals surface area contributed by atoms with Crippen molar-refractivity contribution in [2.75, 3.05) is 0 Å². The lowest BCUT2D eigenvalue weighted by Gasteiger charge is -2.24. The maximum atomic E-state index is 12.1. The molecular formula is C14H20N2O2. The van der Waals surface area contributed by atoms with Crippen molar-refractivity contribution in [1.29, 1.82) is 0 Å². The fraction of sp³-hybridized carbons (Fsp3) is 0.500. The van der Waals surface area contributed by atoms with Crippen LogP contribution in [0.2, 0.25) is 0 Å². The van der Waals surface area contributed by atoms with E-state index >= 15 is 0 Å². The molecule has 0 aliphatic heterocycles. The Balaban J connectivity index is 1.94. The van der Waals surface area contributed by atoms with Gasteiger partial charge in [-0.05, 0) is 25.3 Å². The van der Waals surface area contributed by atoms with Crippen LogP contribution in [0, 0.1) is 0 Å². The molecule has 0 heterocycles. The zero-order chi connectivity index (χ0) is 13.0. The van der Waals surface area contributed by atoms with Gasteiger partial charge in [0.1, 0.15) is 5.54 Å². The molecule has 1 atom stereocenters. The highest BCUT2D eigenvalue weighted by molar-refractivity contribution is 5.86. The van der Waals surface area contributed by atoms with Crippen molar-refractivity contribution in [3.05, 3.63) is 35.9 Å². The van der Waals surface area contributed by atoms with Crippen molar-refractivity contribution < 1.29 is 9.63 Å². The first-order valence-corrected chi connectivity index (χ1v) is 6.41. The molecule has 2 rings (SSSR count). The molecule has 0 saturated heterocycles. The highest BCUT2D eigenvalue weighted by atomic mass is 16.7. The van der Waals surface area contributed by atoms with Crippen LogP contribution >= 0.6 is 0 Å². The van der Waals surface area contributed by atoms with E-state index in [0.29, 0.717) is 0 Å². The third-order valence-corrected chi connectivity index (χ3v) is 3.47. The van der Waals surface area contributed by atoms with Crippen LogP contribution in [0.1, 0.15) is 38.2 Å². The largest absolute Gasteiger partial charge is 0.314 e. The summed E-state index contributed by atoms with van der Waals surface area (Å²) in [6, 6.07) is 9.31. The SMILES string of the molecule is CC(N)(C(=O)NOC1CCCC1)c1ccccc1. The lowest BCUT2D eigenvalue weighted by molar-refractivity contribution is -0.143. The van der Waals surface area contributed by atoms with E-state index in [1.807, 2.05) is 30.3 Å². The van der Waals surface area contributed by atoms with E-state index in [4.69, 9.17) is 10.6 Å². The minimum atomic E-state index is -1.07. The van der Waals surface area contributed by atoms with E-state index in [2.05, 4.69) is 5.48 Å². The van der Waals surface area contributed by atoms with Gasteiger partial charge in [0.05, 0.1) is 6.10 Å². The minimum absolute atomic E-state index is 0.139. The number of benzene rings is 1. The Morgan fingerprint density at radius 1 is 1.33 bits per heavy atom. The van der Waals surface area contributed by atoms with Gasteiger partial charge in [0.25, 0.3) is 5.91 Å². The molecule has 0 bridgehead atoms. The maximum Gasteiger partial charge on any atom is 0.267 e. The lowest BCUT2D eigenvalue weighted by Crippen LogP contribution is -2.49. The van der Waals surface area contributed by atoms with Crippen molar-refractivity contribution in [3.63, 3.8) is 0 Å². The van der Waals surface area contributed by atoms with E-state index in [9.17, 15) is 4.79 Å². The maximum absolute atomic E-state index is 12.1. The van der Waals surface area contributed by atoms with Gasteiger partial charge in [-0.15, -0.1) is 0 Å². The topological polar surface area (TPSA) is 64.4 Å². The molecule has 1 unspecified atom stereocenters. The normalized spacial score (nSPS) is 19.4. The van der Waals surface area contributed by atoms with Crippen molar-refractivity contribution in [1.82, 2.24) is 5.48 Å². The Morgan fingerprint density at radius 2 is 1.94 bits per heavy atom. The van der Waals surface area contributed by atoms with Crippen molar-refractivity contribution in [3.8, 4) is 0 Å². The van der Waals surface area contributed by atoms with Gasteiger partial charge in [-0.1, -0.05) is 43.2 Å². The summed E-state index contributed by atoms with van der Waals surface area (Å²) in [5.41, 5.74) is 8.28. The van der Waals surface area contributed by atoms with Crippen LogP contribution in [-0.4, -0.2) is 12.0 Å². The molecule has 1 aromatic carbocycles. The summed E-state index contributed by atoms with van der Waals surface area (Å²) in [5.74, 6) is -0.305. The van der Waals surface area contributed by atoms with Gasteiger partial charge >= 0.3 is 0 Å². The summed E-state index contributed by atoms with van der Waals surface area (Å²) in [6.07, 6.45) is 4.48. The predicted molar refractivity (Wildman–Crippen MR) is 69.5 cm³/mol. The Labute approximate surface area is 107 Å². The van der Waals surface area contributed by atoms with E-state index < -0.39 is 5.54 Å². The van der Waals surface area contributed by atoms with E-state index in [1.165, 1.54) is 12.8 Å². The molecule has 0 aromatic heterocycles. The lowest BCUT2D eigenvalue weighted by atomic mass is 9.93. The Hall–Kier alpha value is -1.39. The molecule has 98 valence electrons. The number of rotatable bonds is 4. The quantitative estimate of drug-likeness (QED) is 0.799. The number of hydroxylamine groups is 1. The van der Waals surface area contributed by atoms with Crippen LogP contribution in [0.5, 0.6) is 0 Å². The fourth-order valence-corrected chi connectivity index (χ4v) is 2.16. The number of carbonyl (C=O) groups is 1. The number of nitrogens with two attached hydrogens (primary N) is 1. The highest BCUT2D eigenvalue weighted by Crippen LogP contribution is 2.21. The molecular weight excluding hydrogens is 228 g/mol. The second-order valence-corrected chi connectivity index (χ2v) is 5.02. The molecule has 3 N–H and O–H groups in total. The minimum Gasteiger partial charge on any atom is -0.314 e. The molecule has 1 aliphatic carbocycles. The number of nitrogens with one attached hydrogen (secondary N) is 1. The van der Waals surface area contributed by atoms with Gasteiger partial charge in [-0.2, -0.15) is 0 Å². The summed E-state index contributed by atoms with van der Waals surface area (Å²) in [4.78, 5) is 17.5. The number of hydrogen-bond acceptors (Lipinski definition) is 3. The molecule has 18 heavy (non-hydrogen) atoms. The standard InChI is InChI=1S/C14H20N2O2/c1-14(15,11-7-3-2-4-8-11)13(17)16-18-12-9-5-6-10-12/h2-4,7-8,12H,5-6,9-10,15H2,1H3,(H,16,17). The van der Waals surface area contributed by atoms with Crippen molar-refractivity contribution in [2.45, 2.75) is 44.2 Å². The molecule has 4 nitrogen and oxygen atoms in total. The monoisotopic (exact) mass is 248 g/mol. The summed E-state index contributed by atoms with van der Waals surface area (Å²) < 4.78 is 0. The van der Waals surface area contributed by atoms with Crippen molar-refractivity contribution >= 4 is 5.91 Å². The molecule has 1 aromatic rings. The zero-order valence-electron chi connectivity index (χ0n) is 10.7. The molecule has 0 spiro atoms. The van der Waals surface area contributed by atoms with E-state index in [1.54, 1.807) is 6.92 Å². The van der Waals surface area contributed by atoms with Crippen LogP contribution in [0.4, 0.5) is 0 Å². The molecule has 0 radical (unpaired) electrons. The third kappa shape index (κ3) is 2.89. The number of amides is 1. The van der Waals surface area contributed by atoms with E-state index in [0.717, 1.165) is 18.4 Å². The summed E-state index contributed by atoms with van der Waals surface area (Å²) in [6.45, 7) is 1.69. The van der Waals surface area contributed by atoms with Gasteiger partial charge < -0.3 is 5.73 Å². The van der Waals surface area contributed by atoms with Gasteiger partial charge in [0, 0.05) is 0 Å². The van der Waals surface area contributed by atoms with E-state index in [-0.39, 0.29) is 12.0 Å². The van der Waals surface area contributed by atoms with Crippen LogP contribution in [0.25, 0.3) is 0 Å². The third-order valence-electron chi connectivity index (χ3n) is 3.47. The number of carbonyl (C=O) groups excluding carboxylic acids is 1. The summed E-state index contributed by atoms with van der Waals surface area (Å²) in [5, 5.41) is 0. The Kier molecular flexibility index (Phi) is 3.99. The molecule has 4 heteroatoms. The Bertz CT molecular complexity index is 398. The second-order valence-electron chi connectivity index (χ2n) is 5.02. The first-order chi connectivity index (χ1) is 8.60. The molecule has 1 aliphatic rings. The zero-order valence-corrected chi connectivity index (χ0v) is 10.7. The van der Waals surface area contributed by atoms with Crippen LogP contribution in [0.3, 0.4) is 0 Å². The van der Waals surface area contributed by atoms with Gasteiger partial charge in [0.15, 0.2) is 0 Å². The second kappa shape index (κ2) is 5.50. The smallest absolute Gasteiger partial charge is 0.267 e. The van der Waals surface area contributed by atoms with Crippen molar-refractivity contribution in [2.24, 2.45) is 5.73 Å². The van der Waals surface area contributed by atoms with Crippen LogP contribution < -0.4 is 11.2 Å². The van der Waals surface area contributed by atoms with Gasteiger partial charge in [-0.25, -0.2) is 5.48 Å². The van der Waals surface area contributed by atoms with Gasteiger partial charge in [0.2, 0.25) is 0 Å². The fourth-order valence-electron chi connectivity index (χ4n) is 2.16. The van der Waals surface area contributed by atoms with Crippen LogP contribution in [0.15, 0.2) is 30.3 Å². The average molecular weight is 248 g/mol. The first kappa shape index (κ1) is 13.1. The Morgan fingerprint density at radius 3 is 2.56 bits per heavy atom. The van der Waals surface area contributed by atoms with Crippen LogP contribution in [-0.2, 0) is 15.2 Å². The predicted octanol–water partition coefficient (Wildman–Crippen LogP) is 1.85. The molecule has 1 amide bonds. The molecule has 1 saturated carbocycles. The average Bonchev–Trinajstić information content (AvgIpc) is 2.90.